The lowest BCUT2D eigenvalue weighted by Crippen LogP contribution is -2.41. The van der Waals surface area contributed by atoms with Crippen molar-refractivity contribution in [1.29, 1.82) is 0 Å². The van der Waals surface area contributed by atoms with E-state index in [4.69, 9.17) is 0 Å². The van der Waals surface area contributed by atoms with Crippen molar-refractivity contribution in [2.75, 3.05) is 13.1 Å². The molecule has 2 N–H and O–H groups in total. The van der Waals surface area contributed by atoms with E-state index in [-0.39, 0.29) is 5.91 Å². The summed E-state index contributed by atoms with van der Waals surface area (Å²) in [4.78, 5) is 12.2. The number of amides is 1. The predicted octanol–water partition coefficient (Wildman–Crippen LogP) is 2.95. The zero-order valence-corrected chi connectivity index (χ0v) is 13.5. The molecule has 4 atom stereocenters. The Labute approximate surface area is 124 Å². The van der Waals surface area contributed by atoms with Gasteiger partial charge in [-0.05, 0) is 68.9 Å². The molecule has 1 saturated carbocycles. The monoisotopic (exact) mass is 280 g/mol. The standard InChI is InChI=1S/C17H32N2O/c1-12-7-13(2)9-16(8-12)19-17(20)10-14(3)15-5-4-6-18-11-15/h12-16,18H,4-11H2,1-3H3,(H,19,20). The van der Waals surface area contributed by atoms with Crippen LogP contribution in [0.15, 0.2) is 0 Å². The molecule has 0 aromatic carbocycles. The van der Waals surface area contributed by atoms with Gasteiger partial charge in [-0.3, -0.25) is 4.79 Å². The van der Waals surface area contributed by atoms with Gasteiger partial charge in [0, 0.05) is 12.5 Å². The Balaban J connectivity index is 1.73. The number of rotatable bonds is 4. The van der Waals surface area contributed by atoms with Crippen molar-refractivity contribution >= 4 is 5.91 Å². The molecule has 2 aliphatic rings. The molecular weight excluding hydrogens is 248 g/mol. The highest BCUT2D eigenvalue weighted by molar-refractivity contribution is 5.76. The number of hydrogen-bond acceptors (Lipinski definition) is 2. The first-order chi connectivity index (χ1) is 9.54. The van der Waals surface area contributed by atoms with Crippen LogP contribution in [0.4, 0.5) is 0 Å². The van der Waals surface area contributed by atoms with Gasteiger partial charge in [-0.15, -0.1) is 0 Å². The molecular formula is C17H32N2O. The maximum absolute atomic E-state index is 12.2. The molecule has 2 fully saturated rings. The molecule has 3 heteroatoms. The number of carbonyl (C=O) groups excluding carboxylic acids is 1. The van der Waals surface area contributed by atoms with Crippen LogP contribution in [-0.2, 0) is 4.79 Å². The van der Waals surface area contributed by atoms with Crippen molar-refractivity contribution in [2.45, 2.75) is 65.3 Å². The van der Waals surface area contributed by atoms with Crippen molar-refractivity contribution in [2.24, 2.45) is 23.7 Å². The van der Waals surface area contributed by atoms with Gasteiger partial charge >= 0.3 is 0 Å². The van der Waals surface area contributed by atoms with Gasteiger partial charge in [-0.25, -0.2) is 0 Å². The van der Waals surface area contributed by atoms with Crippen molar-refractivity contribution in [3.05, 3.63) is 0 Å². The summed E-state index contributed by atoms with van der Waals surface area (Å²) >= 11 is 0. The lowest BCUT2D eigenvalue weighted by molar-refractivity contribution is -0.123. The molecule has 1 amide bonds. The number of piperidine rings is 1. The molecule has 2 rings (SSSR count). The molecule has 1 saturated heterocycles. The van der Waals surface area contributed by atoms with Crippen molar-refractivity contribution < 1.29 is 4.79 Å². The van der Waals surface area contributed by atoms with E-state index >= 15 is 0 Å². The first-order valence-corrected chi connectivity index (χ1v) is 8.54. The minimum absolute atomic E-state index is 0.273. The second kappa shape index (κ2) is 7.44. The second-order valence-corrected chi connectivity index (χ2v) is 7.47. The smallest absolute Gasteiger partial charge is 0.220 e. The van der Waals surface area contributed by atoms with Crippen LogP contribution in [0.1, 0.15) is 59.3 Å². The van der Waals surface area contributed by atoms with E-state index in [0.29, 0.717) is 24.3 Å². The second-order valence-electron chi connectivity index (χ2n) is 7.47. The first kappa shape index (κ1) is 15.8. The molecule has 1 heterocycles. The Morgan fingerprint density at radius 3 is 2.55 bits per heavy atom. The van der Waals surface area contributed by atoms with Crippen LogP contribution in [0.3, 0.4) is 0 Å². The van der Waals surface area contributed by atoms with Crippen LogP contribution < -0.4 is 10.6 Å². The summed E-state index contributed by atoms with van der Waals surface area (Å²) in [5.74, 6) is 2.96. The van der Waals surface area contributed by atoms with Gasteiger partial charge in [0.05, 0.1) is 0 Å². The van der Waals surface area contributed by atoms with E-state index in [1.165, 1.54) is 19.3 Å². The summed E-state index contributed by atoms with van der Waals surface area (Å²) in [6, 6.07) is 0.415. The van der Waals surface area contributed by atoms with Crippen LogP contribution in [0.5, 0.6) is 0 Å². The third-order valence-electron chi connectivity index (χ3n) is 5.19. The average molecular weight is 280 g/mol. The minimum Gasteiger partial charge on any atom is -0.353 e. The predicted molar refractivity (Wildman–Crippen MR) is 83.5 cm³/mol. The highest BCUT2D eigenvalue weighted by Gasteiger charge is 2.27. The lowest BCUT2D eigenvalue weighted by atomic mass is 9.80. The molecule has 0 spiro atoms. The van der Waals surface area contributed by atoms with Gasteiger partial charge in [0.2, 0.25) is 5.91 Å². The minimum atomic E-state index is 0.273. The Hall–Kier alpha value is -0.570. The fourth-order valence-corrected chi connectivity index (χ4v) is 4.17. The zero-order chi connectivity index (χ0) is 14.5. The quantitative estimate of drug-likeness (QED) is 0.831. The maximum atomic E-state index is 12.2. The number of carbonyl (C=O) groups is 1. The van der Waals surface area contributed by atoms with Gasteiger partial charge < -0.3 is 10.6 Å². The van der Waals surface area contributed by atoms with E-state index < -0.39 is 0 Å². The van der Waals surface area contributed by atoms with Crippen LogP contribution in [0, 0.1) is 23.7 Å². The van der Waals surface area contributed by atoms with Crippen molar-refractivity contribution in [1.82, 2.24) is 10.6 Å². The summed E-state index contributed by atoms with van der Waals surface area (Å²) in [5, 5.41) is 6.74. The van der Waals surface area contributed by atoms with Gasteiger partial charge in [0.1, 0.15) is 0 Å². The van der Waals surface area contributed by atoms with Crippen LogP contribution in [-0.4, -0.2) is 25.0 Å². The molecule has 116 valence electrons. The molecule has 0 aromatic rings. The molecule has 4 unspecified atom stereocenters. The molecule has 20 heavy (non-hydrogen) atoms. The summed E-state index contributed by atoms with van der Waals surface area (Å²) in [7, 11) is 0. The van der Waals surface area contributed by atoms with E-state index in [0.717, 1.165) is 37.8 Å². The Kier molecular flexibility index (Phi) is 5.88. The molecule has 0 aromatic heterocycles. The number of nitrogens with one attached hydrogen (secondary N) is 2. The molecule has 1 aliphatic carbocycles. The summed E-state index contributed by atoms with van der Waals surface area (Å²) in [6.45, 7) is 9.10. The third-order valence-corrected chi connectivity index (χ3v) is 5.19. The van der Waals surface area contributed by atoms with Crippen LogP contribution in [0.2, 0.25) is 0 Å². The zero-order valence-electron chi connectivity index (χ0n) is 13.5. The largest absolute Gasteiger partial charge is 0.353 e. The van der Waals surface area contributed by atoms with Crippen LogP contribution >= 0.6 is 0 Å². The van der Waals surface area contributed by atoms with E-state index in [1.807, 2.05) is 0 Å². The average Bonchev–Trinajstić information content (AvgIpc) is 2.38. The van der Waals surface area contributed by atoms with Gasteiger partial charge in [-0.1, -0.05) is 20.8 Å². The van der Waals surface area contributed by atoms with E-state index in [9.17, 15) is 4.79 Å². The SMILES string of the molecule is CC1CC(C)CC(NC(=O)CC(C)C2CCCNC2)C1. The molecule has 1 aliphatic heterocycles. The Morgan fingerprint density at radius 2 is 1.95 bits per heavy atom. The van der Waals surface area contributed by atoms with Crippen molar-refractivity contribution in [3.63, 3.8) is 0 Å². The highest BCUT2D eigenvalue weighted by atomic mass is 16.1. The summed E-state index contributed by atoms with van der Waals surface area (Å²) < 4.78 is 0. The van der Waals surface area contributed by atoms with Gasteiger partial charge in [-0.2, -0.15) is 0 Å². The van der Waals surface area contributed by atoms with E-state index in [1.54, 1.807) is 0 Å². The van der Waals surface area contributed by atoms with Crippen LogP contribution in [0.25, 0.3) is 0 Å². The maximum Gasteiger partial charge on any atom is 0.220 e. The molecule has 0 radical (unpaired) electrons. The third kappa shape index (κ3) is 4.76. The fraction of sp³-hybridized carbons (Fsp3) is 0.941. The molecule has 3 nitrogen and oxygen atoms in total. The molecule has 0 bridgehead atoms. The highest BCUT2D eigenvalue weighted by Crippen LogP contribution is 2.29. The topological polar surface area (TPSA) is 41.1 Å². The van der Waals surface area contributed by atoms with Crippen molar-refractivity contribution in [3.8, 4) is 0 Å². The first-order valence-electron chi connectivity index (χ1n) is 8.54. The van der Waals surface area contributed by atoms with E-state index in [2.05, 4.69) is 31.4 Å². The summed E-state index contributed by atoms with van der Waals surface area (Å²) in [6.07, 6.45) is 6.88. The Bertz CT molecular complexity index is 302. The normalized spacial score (nSPS) is 36.4. The van der Waals surface area contributed by atoms with Gasteiger partial charge in [0.15, 0.2) is 0 Å². The lowest BCUT2D eigenvalue weighted by Gasteiger charge is -2.33. The van der Waals surface area contributed by atoms with Gasteiger partial charge in [0.25, 0.3) is 0 Å². The Morgan fingerprint density at radius 1 is 1.25 bits per heavy atom. The number of hydrogen-bond donors (Lipinski definition) is 2. The fourth-order valence-electron chi connectivity index (χ4n) is 4.17. The summed E-state index contributed by atoms with van der Waals surface area (Å²) in [5.41, 5.74) is 0.